The Bertz CT molecular complexity index is 478. The summed E-state index contributed by atoms with van der Waals surface area (Å²) in [5, 5.41) is 6.62. The molecule has 0 radical (unpaired) electrons. The number of rotatable bonds is 3. The van der Waals surface area contributed by atoms with Crippen LogP contribution in [0.4, 0.5) is 5.69 Å². The second-order valence-corrected chi connectivity index (χ2v) is 6.03. The number of hydrogen-bond donors (Lipinski definition) is 1. The van der Waals surface area contributed by atoms with Crippen molar-refractivity contribution in [2.45, 2.75) is 6.54 Å². The van der Waals surface area contributed by atoms with Crippen molar-refractivity contribution in [2.24, 2.45) is 0 Å². The van der Waals surface area contributed by atoms with Crippen LogP contribution in [0.3, 0.4) is 0 Å². The van der Waals surface area contributed by atoms with Gasteiger partial charge < -0.3 is 5.32 Å². The van der Waals surface area contributed by atoms with Gasteiger partial charge in [0.25, 0.3) is 0 Å². The highest BCUT2D eigenvalue weighted by molar-refractivity contribution is 9.10. The van der Waals surface area contributed by atoms with Crippen LogP contribution in [0, 0.1) is 0 Å². The molecule has 1 nitrogen and oxygen atoms in total. The Morgan fingerprint density at radius 3 is 2.38 bits per heavy atom. The summed E-state index contributed by atoms with van der Waals surface area (Å²) in [6, 6.07) is 7.52. The minimum Gasteiger partial charge on any atom is -0.380 e. The maximum Gasteiger partial charge on any atom is 0.0494 e. The third-order valence-corrected chi connectivity index (χ3v) is 4.09. The summed E-state index contributed by atoms with van der Waals surface area (Å²) in [6.07, 6.45) is 0. The lowest BCUT2D eigenvalue weighted by atomic mass is 10.3. The van der Waals surface area contributed by atoms with Crippen LogP contribution in [0.25, 0.3) is 0 Å². The molecule has 0 bridgehead atoms. The van der Waals surface area contributed by atoms with Gasteiger partial charge in [0.1, 0.15) is 0 Å². The first-order valence-electron chi connectivity index (χ1n) is 4.56. The Hall–Kier alpha value is -0.220. The van der Waals surface area contributed by atoms with Gasteiger partial charge in [0, 0.05) is 37.0 Å². The van der Waals surface area contributed by atoms with E-state index in [1.54, 1.807) is 17.4 Å². The number of halogens is 3. The molecule has 0 saturated carbocycles. The van der Waals surface area contributed by atoms with E-state index in [-0.39, 0.29) is 0 Å². The predicted octanol–water partition coefficient (Wildman–Crippen LogP) is 5.43. The highest BCUT2D eigenvalue weighted by Gasteiger charge is 2.00. The molecular formula is C11H8BrCl2NS. The molecule has 5 heteroatoms. The Kier molecular flexibility index (Phi) is 4.14. The van der Waals surface area contributed by atoms with Gasteiger partial charge in [-0.25, -0.2) is 0 Å². The van der Waals surface area contributed by atoms with Crippen molar-refractivity contribution in [3.05, 3.63) is 49.0 Å². The third-order valence-electron chi connectivity index (χ3n) is 1.95. The summed E-state index contributed by atoms with van der Waals surface area (Å²) in [5.74, 6) is 0. The van der Waals surface area contributed by atoms with Gasteiger partial charge in [0.2, 0.25) is 0 Å². The zero-order chi connectivity index (χ0) is 11.5. The average molecular weight is 337 g/mol. The van der Waals surface area contributed by atoms with Gasteiger partial charge in [0.05, 0.1) is 0 Å². The van der Waals surface area contributed by atoms with Crippen LogP contribution in [0.2, 0.25) is 10.0 Å². The molecular weight excluding hydrogens is 329 g/mol. The van der Waals surface area contributed by atoms with Crippen molar-refractivity contribution >= 4 is 56.2 Å². The summed E-state index contributed by atoms with van der Waals surface area (Å²) in [5.41, 5.74) is 0.932. The number of hydrogen-bond acceptors (Lipinski definition) is 2. The van der Waals surface area contributed by atoms with E-state index in [1.165, 1.54) is 4.88 Å². The summed E-state index contributed by atoms with van der Waals surface area (Å²) in [4.78, 5) is 1.25. The van der Waals surface area contributed by atoms with E-state index in [1.807, 2.05) is 12.1 Å². The van der Waals surface area contributed by atoms with E-state index < -0.39 is 0 Å². The molecule has 1 N–H and O–H groups in total. The predicted molar refractivity (Wildman–Crippen MR) is 75.8 cm³/mol. The van der Waals surface area contributed by atoms with Crippen molar-refractivity contribution in [3.63, 3.8) is 0 Å². The maximum atomic E-state index is 5.91. The molecule has 0 unspecified atom stereocenters. The fourth-order valence-electron chi connectivity index (χ4n) is 1.29. The molecule has 1 aromatic carbocycles. The monoisotopic (exact) mass is 335 g/mol. The molecule has 2 rings (SSSR count). The van der Waals surface area contributed by atoms with Gasteiger partial charge in [-0.15, -0.1) is 11.3 Å². The summed E-state index contributed by atoms with van der Waals surface area (Å²) < 4.78 is 1.11. The SMILES string of the molecule is Clc1cc(Cl)cc(NCc2cc(Br)cs2)c1. The fourth-order valence-corrected chi connectivity index (χ4v) is 3.21. The number of nitrogens with one attached hydrogen (secondary N) is 1. The van der Waals surface area contributed by atoms with Crippen molar-refractivity contribution < 1.29 is 0 Å². The molecule has 1 heterocycles. The summed E-state index contributed by atoms with van der Waals surface area (Å²) in [7, 11) is 0. The summed E-state index contributed by atoms with van der Waals surface area (Å²) in [6.45, 7) is 0.771. The fraction of sp³-hybridized carbons (Fsp3) is 0.0909. The number of benzene rings is 1. The van der Waals surface area contributed by atoms with Gasteiger partial charge in [-0.2, -0.15) is 0 Å². The molecule has 0 saturated heterocycles. The van der Waals surface area contributed by atoms with Gasteiger partial charge in [-0.1, -0.05) is 23.2 Å². The molecule has 0 aliphatic rings. The number of thiophene rings is 1. The zero-order valence-electron chi connectivity index (χ0n) is 8.14. The van der Waals surface area contributed by atoms with Crippen molar-refractivity contribution in [1.82, 2.24) is 0 Å². The van der Waals surface area contributed by atoms with E-state index in [4.69, 9.17) is 23.2 Å². The second kappa shape index (κ2) is 5.41. The van der Waals surface area contributed by atoms with Crippen LogP contribution < -0.4 is 5.32 Å². The van der Waals surface area contributed by atoms with E-state index in [9.17, 15) is 0 Å². The molecule has 84 valence electrons. The van der Waals surface area contributed by atoms with Gasteiger partial charge in [0.15, 0.2) is 0 Å². The molecule has 1 aromatic heterocycles. The van der Waals surface area contributed by atoms with Gasteiger partial charge in [-0.05, 0) is 40.2 Å². The molecule has 0 atom stereocenters. The maximum absolute atomic E-state index is 5.91. The Morgan fingerprint density at radius 2 is 1.81 bits per heavy atom. The first-order valence-corrected chi connectivity index (χ1v) is 6.99. The lowest BCUT2D eigenvalue weighted by Gasteiger charge is -2.05. The van der Waals surface area contributed by atoms with Crippen molar-refractivity contribution in [2.75, 3.05) is 5.32 Å². The average Bonchev–Trinajstić information content (AvgIpc) is 2.60. The minimum absolute atomic E-state index is 0.641. The van der Waals surface area contributed by atoms with Crippen LogP contribution in [-0.4, -0.2) is 0 Å². The van der Waals surface area contributed by atoms with Crippen LogP contribution in [0.15, 0.2) is 34.1 Å². The molecule has 0 spiro atoms. The smallest absolute Gasteiger partial charge is 0.0494 e. The minimum atomic E-state index is 0.641. The molecule has 2 aromatic rings. The molecule has 0 amide bonds. The topological polar surface area (TPSA) is 12.0 Å². The van der Waals surface area contributed by atoms with Crippen LogP contribution >= 0.6 is 50.5 Å². The van der Waals surface area contributed by atoms with E-state index in [2.05, 4.69) is 32.7 Å². The van der Waals surface area contributed by atoms with Crippen molar-refractivity contribution in [1.29, 1.82) is 0 Å². The van der Waals surface area contributed by atoms with Crippen LogP contribution in [0.5, 0.6) is 0 Å². The normalized spacial score (nSPS) is 10.4. The quantitative estimate of drug-likeness (QED) is 0.788. The first-order chi connectivity index (χ1) is 7.63. The first kappa shape index (κ1) is 12.2. The Labute approximate surface area is 117 Å². The highest BCUT2D eigenvalue weighted by atomic mass is 79.9. The zero-order valence-corrected chi connectivity index (χ0v) is 12.1. The summed E-state index contributed by atoms with van der Waals surface area (Å²) >= 11 is 16.9. The van der Waals surface area contributed by atoms with Crippen LogP contribution in [-0.2, 0) is 6.54 Å². The van der Waals surface area contributed by atoms with E-state index >= 15 is 0 Å². The largest absolute Gasteiger partial charge is 0.380 e. The lowest BCUT2D eigenvalue weighted by Crippen LogP contribution is -1.96. The third kappa shape index (κ3) is 3.39. The Morgan fingerprint density at radius 1 is 1.12 bits per heavy atom. The standard InChI is InChI=1S/C11H8BrCl2NS/c12-7-1-11(16-6-7)5-15-10-3-8(13)2-9(14)4-10/h1-4,6,15H,5H2. The van der Waals surface area contributed by atoms with Crippen molar-refractivity contribution in [3.8, 4) is 0 Å². The van der Waals surface area contributed by atoms with E-state index in [0.29, 0.717) is 10.0 Å². The lowest BCUT2D eigenvalue weighted by molar-refractivity contribution is 1.19. The highest BCUT2D eigenvalue weighted by Crippen LogP contribution is 2.24. The van der Waals surface area contributed by atoms with Gasteiger partial charge in [-0.3, -0.25) is 0 Å². The molecule has 0 aliphatic heterocycles. The Balaban J connectivity index is 2.04. The molecule has 0 fully saturated rings. The molecule has 16 heavy (non-hydrogen) atoms. The van der Waals surface area contributed by atoms with Gasteiger partial charge >= 0.3 is 0 Å². The molecule has 0 aliphatic carbocycles. The number of anilines is 1. The van der Waals surface area contributed by atoms with Crippen LogP contribution in [0.1, 0.15) is 4.88 Å². The van der Waals surface area contributed by atoms with E-state index in [0.717, 1.165) is 16.7 Å². The second-order valence-electron chi connectivity index (χ2n) is 3.24.